The molecule has 0 saturated carbocycles. The lowest BCUT2D eigenvalue weighted by atomic mass is 10.4. The molecule has 0 amide bonds. The van der Waals surface area contributed by atoms with Crippen molar-refractivity contribution in [1.82, 2.24) is 9.62 Å². The Morgan fingerprint density at radius 1 is 1.50 bits per heavy atom. The summed E-state index contributed by atoms with van der Waals surface area (Å²) in [7, 11) is -0.291. The largest absolute Gasteiger partial charge is 0.383 e. The van der Waals surface area contributed by atoms with Gasteiger partial charge in [-0.15, -0.1) is 11.3 Å². The average molecular weight is 320 g/mol. The van der Waals surface area contributed by atoms with Crippen LogP contribution < -0.4 is 5.32 Å². The number of aryl methyl sites for hydroxylation is 1. The number of sulfonamides is 1. The first-order valence-corrected chi connectivity index (χ1v) is 8.87. The molecular formula is C13H24N2O3S2. The van der Waals surface area contributed by atoms with Crippen LogP contribution in [0, 0.1) is 6.92 Å². The van der Waals surface area contributed by atoms with E-state index in [1.807, 2.05) is 20.8 Å². The fraction of sp³-hybridized carbons (Fsp3) is 0.692. The lowest BCUT2D eigenvalue weighted by Crippen LogP contribution is -2.37. The van der Waals surface area contributed by atoms with Gasteiger partial charge in [0, 0.05) is 36.5 Å². The van der Waals surface area contributed by atoms with Crippen LogP contribution in [0.4, 0.5) is 0 Å². The van der Waals surface area contributed by atoms with E-state index in [9.17, 15) is 8.42 Å². The van der Waals surface area contributed by atoms with E-state index in [4.69, 9.17) is 4.74 Å². The minimum absolute atomic E-state index is 0.193. The van der Waals surface area contributed by atoms with E-state index in [1.165, 1.54) is 15.6 Å². The van der Waals surface area contributed by atoms with E-state index in [-0.39, 0.29) is 6.04 Å². The number of hydrogen-bond donors (Lipinski definition) is 1. The van der Waals surface area contributed by atoms with E-state index >= 15 is 0 Å². The highest BCUT2D eigenvalue weighted by Gasteiger charge is 2.28. The maximum absolute atomic E-state index is 12.6. The summed E-state index contributed by atoms with van der Waals surface area (Å²) >= 11 is 1.52. The Bertz CT molecular complexity index is 526. The SMILES string of the molecule is CCNCc1cc(S(=O)(=O)N(C)C(C)COC)c(C)s1. The van der Waals surface area contributed by atoms with Gasteiger partial charge in [-0.3, -0.25) is 0 Å². The molecule has 20 heavy (non-hydrogen) atoms. The van der Waals surface area contributed by atoms with E-state index in [1.54, 1.807) is 20.2 Å². The molecule has 116 valence electrons. The molecule has 1 aromatic heterocycles. The smallest absolute Gasteiger partial charge is 0.244 e. The lowest BCUT2D eigenvalue weighted by Gasteiger charge is -2.23. The second-order valence-corrected chi connectivity index (χ2v) is 8.05. The van der Waals surface area contributed by atoms with Crippen LogP contribution in [0.15, 0.2) is 11.0 Å². The Morgan fingerprint density at radius 3 is 2.70 bits per heavy atom. The van der Waals surface area contributed by atoms with Crippen LogP contribution >= 0.6 is 11.3 Å². The standard InChI is InChI=1S/C13H24N2O3S2/c1-6-14-8-12-7-13(11(3)19-12)20(16,17)15(4)10(2)9-18-5/h7,10,14H,6,8-9H2,1-5H3. The fourth-order valence-electron chi connectivity index (χ4n) is 1.85. The second-order valence-electron chi connectivity index (χ2n) is 4.74. The van der Waals surface area contributed by atoms with Crippen molar-refractivity contribution >= 4 is 21.4 Å². The van der Waals surface area contributed by atoms with Crippen molar-refractivity contribution in [3.05, 3.63) is 15.8 Å². The summed E-state index contributed by atoms with van der Waals surface area (Å²) in [5.41, 5.74) is 0. The van der Waals surface area contributed by atoms with E-state index in [2.05, 4.69) is 5.32 Å². The quantitative estimate of drug-likeness (QED) is 0.794. The zero-order valence-corrected chi connectivity index (χ0v) is 14.4. The normalized spacial score (nSPS) is 13.9. The van der Waals surface area contributed by atoms with Crippen molar-refractivity contribution in [2.75, 3.05) is 27.3 Å². The predicted molar refractivity (Wildman–Crippen MR) is 82.7 cm³/mol. The first kappa shape index (κ1) is 17.6. The summed E-state index contributed by atoms with van der Waals surface area (Å²) in [5.74, 6) is 0. The van der Waals surface area contributed by atoms with Crippen molar-refractivity contribution in [3.8, 4) is 0 Å². The van der Waals surface area contributed by atoms with Crippen molar-refractivity contribution in [3.63, 3.8) is 0 Å². The minimum atomic E-state index is -3.46. The van der Waals surface area contributed by atoms with Gasteiger partial charge in [0.25, 0.3) is 0 Å². The maximum atomic E-state index is 12.6. The van der Waals surface area contributed by atoms with E-state index in [0.717, 1.165) is 16.3 Å². The van der Waals surface area contributed by atoms with Crippen LogP contribution in [0.3, 0.4) is 0 Å². The van der Waals surface area contributed by atoms with E-state index in [0.29, 0.717) is 18.0 Å². The Morgan fingerprint density at radius 2 is 2.15 bits per heavy atom. The summed E-state index contributed by atoms with van der Waals surface area (Å²) in [5, 5.41) is 3.21. The average Bonchev–Trinajstić information content (AvgIpc) is 2.77. The highest BCUT2D eigenvalue weighted by atomic mass is 32.2. The van der Waals surface area contributed by atoms with Gasteiger partial charge < -0.3 is 10.1 Å². The molecule has 0 aliphatic carbocycles. The number of ether oxygens (including phenoxy) is 1. The molecule has 1 atom stereocenters. The number of likely N-dealkylation sites (N-methyl/N-ethyl adjacent to an activating group) is 1. The molecule has 0 aliphatic rings. The molecule has 1 N–H and O–H groups in total. The molecule has 0 aromatic carbocycles. The van der Waals surface area contributed by atoms with E-state index < -0.39 is 10.0 Å². The zero-order valence-electron chi connectivity index (χ0n) is 12.8. The topological polar surface area (TPSA) is 58.6 Å². The molecular weight excluding hydrogens is 296 g/mol. The molecule has 1 aromatic rings. The van der Waals surface area contributed by atoms with Crippen molar-refractivity contribution in [2.24, 2.45) is 0 Å². The van der Waals surface area contributed by atoms with Gasteiger partial charge in [0.2, 0.25) is 10.0 Å². The van der Waals surface area contributed by atoms with Gasteiger partial charge >= 0.3 is 0 Å². The molecule has 0 fully saturated rings. The third-order valence-electron chi connectivity index (χ3n) is 3.16. The summed E-state index contributed by atoms with van der Waals surface area (Å²) in [6.07, 6.45) is 0. The first-order valence-electron chi connectivity index (χ1n) is 6.61. The molecule has 0 radical (unpaired) electrons. The Balaban J connectivity index is 3.00. The van der Waals surface area contributed by atoms with Gasteiger partial charge in [0.1, 0.15) is 0 Å². The third-order valence-corrected chi connectivity index (χ3v) is 6.44. The van der Waals surface area contributed by atoms with Gasteiger partial charge in [-0.2, -0.15) is 4.31 Å². The van der Waals surface area contributed by atoms with Crippen LogP contribution in [0.2, 0.25) is 0 Å². The second kappa shape index (κ2) is 7.51. The monoisotopic (exact) mass is 320 g/mol. The first-order chi connectivity index (χ1) is 9.34. The Kier molecular flexibility index (Phi) is 6.60. The number of rotatable bonds is 8. The number of thiophene rings is 1. The van der Waals surface area contributed by atoms with Gasteiger partial charge in [0.05, 0.1) is 11.5 Å². The Labute approximate surface area is 126 Å². The number of methoxy groups -OCH3 is 1. The molecule has 7 heteroatoms. The Hall–Kier alpha value is -0.470. The molecule has 1 rings (SSSR count). The third kappa shape index (κ3) is 4.02. The van der Waals surface area contributed by atoms with Gasteiger partial charge in [0.15, 0.2) is 0 Å². The lowest BCUT2D eigenvalue weighted by molar-refractivity contribution is 0.149. The van der Waals surface area contributed by atoms with Crippen LogP contribution in [0.1, 0.15) is 23.6 Å². The predicted octanol–water partition coefficient (Wildman–Crippen LogP) is 1.82. The highest BCUT2D eigenvalue weighted by Crippen LogP contribution is 2.28. The molecule has 0 bridgehead atoms. The molecule has 1 heterocycles. The van der Waals surface area contributed by atoms with Gasteiger partial charge in [-0.1, -0.05) is 6.92 Å². The molecule has 0 saturated heterocycles. The van der Waals surface area contributed by atoms with Crippen molar-refractivity contribution < 1.29 is 13.2 Å². The van der Waals surface area contributed by atoms with Crippen LogP contribution in [-0.4, -0.2) is 46.1 Å². The molecule has 5 nitrogen and oxygen atoms in total. The van der Waals surface area contributed by atoms with Crippen molar-refractivity contribution in [2.45, 2.75) is 38.3 Å². The molecule has 0 spiro atoms. The number of hydrogen-bond acceptors (Lipinski definition) is 5. The van der Waals surface area contributed by atoms with Gasteiger partial charge in [-0.05, 0) is 26.5 Å². The number of nitrogens with zero attached hydrogens (tertiary/aromatic N) is 1. The van der Waals surface area contributed by atoms with Crippen LogP contribution in [-0.2, 0) is 21.3 Å². The summed E-state index contributed by atoms with van der Waals surface area (Å²) in [6.45, 7) is 7.66. The summed E-state index contributed by atoms with van der Waals surface area (Å²) < 4.78 is 31.6. The summed E-state index contributed by atoms with van der Waals surface area (Å²) in [6, 6.07) is 1.58. The maximum Gasteiger partial charge on any atom is 0.244 e. The highest BCUT2D eigenvalue weighted by molar-refractivity contribution is 7.89. The van der Waals surface area contributed by atoms with Crippen LogP contribution in [0.5, 0.6) is 0 Å². The van der Waals surface area contributed by atoms with Gasteiger partial charge in [-0.25, -0.2) is 8.42 Å². The number of nitrogens with one attached hydrogen (secondary N) is 1. The zero-order chi connectivity index (χ0) is 15.3. The fourth-order valence-corrected chi connectivity index (χ4v) is 4.77. The van der Waals surface area contributed by atoms with Crippen LogP contribution in [0.25, 0.3) is 0 Å². The summed E-state index contributed by atoms with van der Waals surface area (Å²) in [4.78, 5) is 2.27. The molecule has 1 unspecified atom stereocenters. The van der Waals surface area contributed by atoms with Crippen molar-refractivity contribution in [1.29, 1.82) is 0 Å². The minimum Gasteiger partial charge on any atom is -0.383 e. The molecule has 0 aliphatic heterocycles.